The predicted molar refractivity (Wildman–Crippen MR) is 55.1 cm³/mol. The molecule has 0 amide bonds. The number of rotatable bonds is 2. The van der Waals surface area contributed by atoms with Gasteiger partial charge in [-0.15, -0.1) is 0 Å². The molecule has 0 aliphatic rings. The highest BCUT2D eigenvalue weighted by Gasteiger charge is 2.03. The molecule has 0 aromatic carbocycles. The van der Waals surface area contributed by atoms with Gasteiger partial charge in [-0.1, -0.05) is 27.2 Å². The van der Waals surface area contributed by atoms with Gasteiger partial charge in [-0.25, -0.2) is 0 Å². The smallest absolute Gasteiger partial charge is 0.159 e. The molecule has 13 heavy (non-hydrogen) atoms. The summed E-state index contributed by atoms with van der Waals surface area (Å²) < 4.78 is 6.84. The monoisotopic (exact) mass is 184 g/mol. The minimum atomic E-state index is 0.880. The Balaban J connectivity index is 0.000000424. The summed E-state index contributed by atoms with van der Waals surface area (Å²) in [5.41, 5.74) is 1.02. The Kier molecular flexibility index (Phi) is 6.02. The quantitative estimate of drug-likeness (QED) is 0.705. The summed E-state index contributed by atoms with van der Waals surface area (Å²) in [5.74, 6) is 0.880. The van der Waals surface area contributed by atoms with Crippen LogP contribution >= 0.6 is 0 Å². The second-order valence-electron chi connectivity index (χ2n) is 2.88. The molecule has 0 fully saturated rings. The standard InChI is InChI=1S/C7H12N2O.C3H8/c1-4-6-7(10-3)5-9(2)8-6;1-3-2/h5H,4H2,1-3H3;3H2,1-2H3. The lowest BCUT2D eigenvalue weighted by molar-refractivity contribution is 0.410. The maximum absolute atomic E-state index is 5.07. The first-order valence-corrected chi connectivity index (χ1v) is 4.75. The minimum absolute atomic E-state index is 0.880. The molecule has 0 spiro atoms. The zero-order valence-electron chi connectivity index (χ0n) is 9.29. The fourth-order valence-corrected chi connectivity index (χ4v) is 0.928. The summed E-state index contributed by atoms with van der Waals surface area (Å²) in [6.07, 6.45) is 4.04. The second-order valence-corrected chi connectivity index (χ2v) is 2.88. The van der Waals surface area contributed by atoms with Crippen LogP contribution in [0, 0.1) is 0 Å². The maximum atomic E-state index is 5.07. The third kappa shape index (κ3) is 3.97. The van der Waals surface area contributed by atoms with Crippen molar-refractivity contribution in [2.24, 2.45) is 7.05 Å². The second kappa shape index (κ2) is 6.52. The van der Waals surface area contributed by atoms with Gasteiger partial charge in [0.05, 0.1) is 13.3 Å². The molecule has 3 heteroatoms. The van der Waals surface area contributed by atoms with E-state index in [-0.39, 0.29) is 0 Å². The Morgan fingerprint density at radius 3 is 2.23 bits per heavy atom. The van der Waals surface area contributed by atoms with E-state index in [2.05, 4.69) is 25.9 Å². The SMILES string of the molecule is CCC.CCc1nn(C)cc1OC. The van der Waals surface area contributed by atoms with E-state index in [0.29, 0.717) is 0 Å². The van der Waals surface area contributed by atoms with E-state index < -0.39 is 0 Å². The molecule has 1 rings (SSSR count). The highest BCUT2D eigenvalue weighted by atomic mass is 16.5. The molecular weight excluding hydrogens is 164 g/mol. The summed E-state index contributed by atoms with van der Waals surface area (Å²) in [5, 5.41) is 4.19. The predicted octanol–water partition coefficient (Wildman–Crippen LogP) is 2.41. The van der Waals surface area contributed by atoms with Crippen molar-refractivity contribution in [1.82, 2.24) is 9.78 Å². The molecule has 0 unspecified atom stereocenters. The van der Waals surface area contributed by atoms with Gasteiger partial charge in [-0.05, 0) is 6.42 Å². The van der Waals surface area contributed by atoms with Crippen molar-refractivity contribution in [3.63, 3.8) is 0 Å². The fourth-order valence-electron chi connectivity index (χ4n) is 0.928. The third-order valence-electron chi connectivity index (χ3n) is 1.42. The molecule has 1 heterocycles. The molecule has 0 saturated carbocycles. The van der Waals surface area contributed by atoms with Crippen molar-refractivity contribution in [1.29, 1.82) is 0 Å². The number of ether oxygens (including phenoxy) is 1. The van der Waals surface area contributed by atoms with Crippen molar-refractivity contribution in [2.45, 2.75) is 33.6 Å². The van der Waals surface area contributed by atoms with Gasteiger partial charge < -0.3 is 4.74 Å². The van der Waals surface area contributed by atoms with E-state index in [0.717, 1.165) is 17.9 Å². The lowest BCUT2D eigenvalue weighted by Crippen LogP contribution is -1.89. The summed E-state index contributed by atoms with van der Waals surface area (Å²) >= 11 is 0. The lowest BCUT2D eigenvalue weighted by Gasteiger charge is -1.93. The van der Waals surface area contributed by atoms with Gasteiger partial charge in [0.25, 0.3) is 0 Å². The van der Waals surface area contributed by atoms with Gasteiger partial charge in [0.15, 0.2) is 5.75 Å². The van der Waals surface area contributed by atoms with E-state index in [1.54, 1.807) is 11.8 Å². The average molecular weight is 184 g/mol. The van der Waals surface area contributed by atoms with Crippen LogP contribution in [0.1, 0.15) is 32.9 Å². The van der Waals surface area contributed by atoms with Crippen LogP contribution in [0.25, 0.3) is 0 Å². The molecule has 0 bridgehead atoms. The van der Waals surface area contributed by atoms with Gasteiger partial charge in [0.1, 0.15) is 5.69 Å². The van der Waals surface area contributed by atoms with E-state index in [4.69, 9.17) is 4.74 Å². The highest BCUT2D eigenvalue weighted by molar-refractivity contribution is 5.23. The molecule has 3 nitrogen and oxygen atoms in total. The van der Waals surface area contributed by atoms with Gasteiger partial charge in [-0.3, -0.25) is 4.68 Å². The van der Waals surface area contributed by atoms with Crippen LogP contribution in [-0.2, 0) is 13.5 Å². The first-order chi connectivity index (χ1) is 6.19. The topological polar surface area (TPSA) is 27.1 Å². The summed E-state index contributed by atoms with van der Waals surface area (Å²) in [4.78, 5) is 0. The number of hydrogen-bond acceptors (Lipinski definition) is 2. The van der Waals surface area contributed by atoms with Gasteiger partial charge in [0.2, 0.25) is 0 Å². The molecule has 0 saturated heterocycles. The maximum Gasteiger partial charge on any atom is 0.159 e. The van der Waals surface area contributed by atoms with Gasteiger partial charge >= 0.3 is 0 Å². The van der Waals surface area contributed by atoms with Crippen molar-refractivity contribution >= 4 is 0 Å². The Labute approximate surface area is 80.7 Å². The summed E-state index contributed by atoms with van der Waals surface area (Å²) in [6, 6.07) is 0. The van der Waals surface area contributed by atoms with Crippen molar-refractivity contribution in [3.05, 3.63) is 11.9 Å². The van der Waals surface area contributed by atoms with E-state index in [9.17, 15) is 0 Å². The molecule has 76 valence electrons. The normalized spacial score (nSPS) is 9.00. The number of aryl methyl sites for hydroxylation is 2. The zero-order valence-corrected chi connectivity index (χ0v) is 9.29. The molecule has 0 aliphatic carbocycles. The third-order valence-corrected chi connectivity index (χ3v) is 1.42. The largest absolute Gasteiger partial charge is 0.493 e. The zero-order chi connectivity index (χ0) is 10.3. The van der Waals surface area contributed by atoms with Crippen LogP contribution in [0.5, 0.6) is 5.75 Å². The first-order valence-electron chi connectivity index (χ1n) is 4.75. The lowest BCUT2D eigenvalue weighted by atomic mass is 10.3. The van der Waals surface area contributed by atoms with E-state index >= 15 is 0 Å². The molecule has 0 radical (unpaired) electrons. The molecular formula is C10H20N2O. The van der Waals surface area contributed by atoms with E-state index in [1.165, 1.54) is 6.42 Å². The van der Waals surface area contributed by atoms with Crippen LogP contribution in [0.2, 0.25) is 0 Å². The number of methoxy groups -OCH3 is 1. The number of aromatic nitrogens is 2. The Bertz CT molecular complexity index is 209. The van der Waals surface area contributed by atoms with Gasteiger partial charge in [-0.2, -0.15) is 5.10 Å². The highest BCUT2D eigenvalue weighted by Crippen LogP contribution is 2.14. The Hall–Kier alpha value is -0.990. The molecule has 1 aromatic rings. The fraction of sp³-hybridized carbons (Fsp3) is 0.700. The van der Waals surface area contributed by atoms with Gasteiger partial charge in [0, 0.05) is 7.05 Å². The van der Waals surface area contributed by atoms with Crippen molar-refractivity contribution in [2.75, 3.05) is 7.11 Å². The van der Waals surface area contributed by atoms with Crippen molar-refractivity contribution < 1.29 is 4.74 Å². The van der Waals surface area contributed by atoms with Crippen LogP contribution < -0.4 is 4.74 Å². The Morgan fingerprint density at radius 2 is 1.92 bits per heavy atom. The van der Waals surface area contributed by atoms with Crippen LogP contribution in [-0.4, -0.2) is 16.9 Å². The average Bonchev–Trinajstić information content (AvgIpc) is 2.47. The first kappa shape index (κ1) is 12.0. The number of hydrogen-bond donors (Lipinski definition) is 0. The summed E-state index contributed by atoms with van der Waals surface area (Å²) in [7, 11) is 3.55. The minimum Gasteiger partial charge on any atom is -0.493 e. The molecule has 0 N–H and O–H groups in total. The van der Waals surface area contributed by atoms with Crippen LogP contribution in [0.4, 0.5) is 0 Å². The number of nitrogens with zero attached hydrogens (tertiary/aromatic N) is 2. The summed E-state index contributed by atoms with van der Waals surface area (Å²) in [6.45, 7) is 6.31. The van der Waals surface area contributed by atoms with Crippen molar-refractivity contribution in [3.8, 4) is 5.75 Å². The molecule has 0 atom stereocenters. The molecule has 0 aliphatic heterocycles. The van der Waals surface area contributed by atoms with E-state index in [1.807, 2.05) is 13.2 Å². The van der Waals surface area contributed by atoms with Crippen LogP contribution in [0.3, 0.4) is 0 Å². The Morgan fingerprint density at radius 1 is 1.38 bits per heavy atom. The molecule has 1 aromatic heterocycles. The van der Waals surface area contributed by atoms with Crippen LogP contribution in [0.15, 0.2) is 6.20 Å².